The van der Waals surface area contributed by atoms with Crippen molar-refractivity contribution in [2.45, 2.75) is 30.5 Å². The third kappa shape index (κ3) is 3.85. The molecule has 142 valence electrons. The van der Waals surface area contributed by atoms with E-state index in [2.05, 4.69) is 5.32 Å². The number of sulfonamides is 1. The molecule has 5 N–H and O–H groups in total. The van der Waals surface area contributed by atoms with E-state index < -0.39 is 28.1 Å². The first-order chi connectivity index (χ1) is 12.7. The third-order valence-corrected chi connectivity index (χ3v) is 5.67. The average Bonchev–Trinajstić information content (AvgIpc) is 3.01. The zero-order valence-corrected chi connectivity index (χ0v) is 15.3. The molecule has 1 aliphatic rings. The number of amides is 2. The predicted molar refractivity (Wildman–Crippen MR) is 98.0 cm³/mol. The lowest BCUT2D eigenvalue weighted by atomic mass is 10.0. The summed E-state index contributed by atoms with van der Waals surface area (Å²) >= 11 is 0. The van der Waals surface area contributed by atoms with E-state index in [-0.39, 0.29) is 10.8 Å². The van der Waals surface area contributed by atoms with Crippen LogP contribution in [0.15, 0.2) is 47.4 Å². The van der Waals surface area contributed by atoms with E-state index >= 15 is 0 Å². The van der Waals surface area contributed by atoms with Crippen molar-refractivity contribution in [3.05, 3.63) is 53.6 Å². The molecule has 9 heteroatoms. The molecule has 1 aliphatic heterocycles. The fraction of sp³-hybridized carbons (Fsp3) is 0.222. The van der Waals surface area contributed by atoms with Gasteiger partial charge in [0.15, 0.2) is 0 Å². The largest absolute Gasteiger partial charge is 0.391 e. The Kier molecular flexibility index (Phi) is 5.01. The molecule has 2 amide bonds. The molecule has 8 nitrogen and oxygen atoms in total. The number of rotatable bonds is 5. The van der Waals surface area contributed by atoms with E-state index in [9.17, 15) is 23.1 Å². The summed E-state index contributed by atoms with van der Waals surface area (Å²) in [5, 5.41) is 12.1. The summed E-state index contributed by atoms with van der Waals surface area (Å²) in [6, 6.07) is 9.95. The number of hydrogen-bond donors (Lipinski definition) is 4. The average molecular weight is 389 g/mol. The quantitative estimate of drug-likeness (QED) is 0.572. The molecule has 0 spiro atoms. The highest BCUT2D eigenvalue weighted by Gasteiger charge is 2.25. The van der Waals surface area contributed by atoms with E-state index in [1.807, 2.05) is 10.8 Å². The smallest absolute Gasteiger partial charge is 0.264 e. The summed E-state index contributed by atoms with van der Waals surface area (Å²) in [6.07, 6.45) is -1.19. The molecule has 0 unspecified atom stereocenters. The zero-order chi connectivity index (χ0) is 19.8. The van der Waals surface area contributed by atoms with E-state index in [1.54, 1.807) is 24.3 Å². The molecular weight excluding hydrogens is 370 g/mol. The van der Waals surface area contributed by atoms with E-state index in [0.717, 1.165) is 11.1 Å². The molecular formula is C18H19N3O5S. The van der Waals surface area contributed by atoms with Crippen LogP contribution in [0, 0.1) is 0 Å². The molecule has 0 aromatic heterocycles. The summed E-state index contributed by atoms with van der Waals surface area (Å²) in [5.74, 6) is -1.12. The van der Waals surface area contributed by atoms with Crippen molar-refractivity contribution < 1.29 is 23.1 Å². The normalized spacial score (nSPS) is 15.6. The molecule has 3 rings (SSSR count). The summed E-state index contributed by atoms with van der Waals surface area (Å²) in [7, 11) is -4.15. The Balaban J connectivity index is 1.89. The monoisotopic (exact) mass is 389 g/mol. The topological polar surface area (TPSA) is 139 Å². The number of nitrogens with one attached hydrogen (secondary N) is 2. The number of fused-ring (bicyclic) bond motifs is 1. The lowest BCUT2D eigenvalue weighted by molar-refractivity contribution is -0.122. The molecule has 0 aliphatic carbocycles. The Hall–Kier alpha value is -2.75. The van der Waals surface area contributed by atoms with Crippen molar-refractivity contribution >= 4 is 21.8 Å². The summed E-state index contributed by atoms with van der Waals surface area (Å²) in [4.78, 5) is 23.4. The van der Waals surface area contributed by atoms with Gasteiger partial charge in [0, 0.05) is 12.1 Å². The molecule has 0 fully saturated rings. The van der Waals surface area contributed by atoms with Crippen LogP contribution in [0.1, 0.15) is 22.8 Å². The second-order valence-electron chi connectivity index (χ2n) is 6.32. The maximum atomic E-state index is 12.5. The van der Waals surface area contributed by atoms with Gasteiger partial charge in [0.2, 0.25) is 0 Å². The van der Waals surface area contributed by atoms with Crippen LogP contribution in [-0.2, 0) is 21.4 Å². The van der Waals surface area contributed by atoms with Crippen LogP contribution < -0.4 is 15.8 Å². The maximum Gasteiger partial charge on any atom is 0.264 e. The number of aliphatic hydroxyl groups is 1. The van der Waals surface area contributed by atoms with Crippen LogP contribution in [0.4, 0.5) is 0 Å². The number of nitrogens with two attached hydrogens (primary N) is 1. The SMILES string of the molecule is C[C@@H](O)[C@H](N)C(=O)NS(=O)(=O)c1cccc(-c2ccc3c(c2)CNC3=O)c1. The van der Waals surface area contributed by atoms with Crippen molar-refractivity contribution in [1.82, 2.24) is 10.0 Å². The number of carbonyl (C=O) groups excluding carboxylic acids is 2. The molecule has 2 atom stereocenters. The van der Waals surface area contributed by atoms with Crippen molar-refractivity contribution in [3.8, 4) is 11.1 Å². The number of aliphatic hydroxyl groups excluding tert-OH is 1. The fourth-order valence-corrected chi connectivity index (χ4v) is 3.79. The van der Waals surface area contributed by atoms with E-state index in [4.69, 9.17) is 5.73 Å². The van der Waals surface area contributed by atoms with Crippen molar-refractivity contribution in [2.24, 2.45) is 5.73 Å². The predicted octanol–water partition coefficient (Wildman–Crippen LogP) is 0.110. The van der Waals surface area contributed by atoms with Crippen molar-refractivity contribution in [1.29, 1.82) is 0 Å². The molecule has 2 aromatic carbocycles. The molecule has 1 heterocycles. The lowest BCUT2D eigenvalue weighted by Crippen LogP contribution is -2.48. The highest BCUT2D eigenvalue weighted by Crippen LogP contribution is 2.26. The van der Waals surface area contributed by atoms with Gasteiger partial charge in [-0.15, -0.1) is 0 Å². The minimum absolute atomic E-state index is 0.110. The first kappa shape index (κ1) is 19.0. The van der Waals surface area contributed by atoms with Crippen LogP contribution in [0.3, 0.4) is 0 Å². The standard InChI is InChI=1S/C18H19N3O5S/c1-10(22)16(19)18(24)21-27(25,26)14-4-2-3-11(8-14)12-5-6-15-13(7-12)9-20-17(15)23/h2-8,10,16,22H,9,19H2,1H3,(H,20,23)(H,21,24)/t10-,16+/m1/s1. The Morgan fingerprint density at radius 1 is 1.22 bits per heavy atom. The van der Waals surface area contributed by atoms with Gasteiger partial charge < -0.3 is 16.2 Å². The molecule has 0 saturated heterocycles. The van der Waals surface area contributed by atoms with E-state index in [1.165, 1.54) is 19.1 Å². The van der Waals surface area contributed by atoms with Gasteiger partial charge in [-0.3, -0.25) is 9.59 Å². The highest BCUT2D eigenvalue weighted by molar-refractivity contribution is 7.90. The van der Waals surface area contributed by atoms with Gasteiger partial charge >= 0.3 is 0 Å². The Labute approximate surface area is 156 Å². The molecule has 2 aromatic rings. The first-order valence-corrected chi connectivity index (χ1v) is 9.69. The van der Waals surface area contributed by atoms with Crippen LogP contribution in [0.5, 0.6) is 0 Å². The number of hydrogen-bond acceptors (Lipinski definition) is 6. The van der Waals surface area contributed by atoms with Gasteiger partial charge in [0.1, 0.15) is 6.04 Å². The number of carbonyl (C=O) groups is 2. The van der Waals surface area contributed by atoms with Crippen LogP contribution in [0.25, 0.3) is 11.1 Å². The second kappa shape index (κ2) is 7.10. The molecule has 0 radical (unpaired) electrons. The highest BCUT2D eigenvalue weighted by atomic mass is 32.2. The Bertz CT molecular complexity index is 1020. The molecule has 0 bridgehead atoms. The van der Waals surface area contributed by atoms with Gasteiger partial charge in [-0.1, -0.05) is 18.2 Å². The molecule has 0 saturated carbocycles. The Morgan fingerprint density at radius 3 is 2.63 bits per heavy atom. The summed E-state index contributed by atoms with van der Waals surface area (Å²) in [5.41, 5.74) is 8.27. The maximum absolute atomic E-state index is 12.5. The number of benzene rings is 2. The van der Waals surface area contributed by atoms with Crippen LogP contribution >= 0.6 is 0 Å². The van der Waals surface area contributed by atoms with Crippen molar-refractivity contribution in [2.75, 3.05) is 0 Å². The van der Waals surface area contributed by atoms with Gasteiger partial charge in [-0.05, 0) is 47.9 Å². The van der Waals surface area contributed by atoms with Crippen molar-refractivity contribution in [3.63, 3.8) is 0 Å². The van der Waals surface area contributed by atoms with Gasteiger partial charge in [0.05, 0.1) is 11.0 Å². The van der Waals surface area contributed by atoms with Gasteiger partial charge in [0.25, 0.3) is 21.8 Å². The fourth-order valence-electron chi connectivity index (χ4n) is 2.73. The van der Waals surface area contributed by atoms with Crippen LogP contribution in [0.2, 0.25) is 0 Å². The summed E-state index contributed by atoms with van der Waals surface area (Å²) in [6.45, 7) is 1.72. The summed E-state index contributed by atoms with van der Waals surface area (Å²) < 4.78 is 26.8. The zero-order valence-electron chi connectivity index (χ0n) is 14.5. The molecule has 27 heavy (non-hydrogen) atoms. The first-order valence-electron chi connectivity index (χ1n) is 8.21. The second-order valence-corrected chi connectivity index (χ2v) is 8.00. The lowest BCUT2D eigenvalue weighted by Gasteiger charge is -2.15. The van der Waals surface area contributed by atoms with E-state index in [0.29, 0.717) is 17.7 Å². The minimum Gasteiger partial charge on any atom is -0.391 e. The third-order valence-electron chi connectivity index (χ3n) is 4.32. The minimum atomic E-state index is -4.15. The van der Waals surface area contributed by atoms with Crippen LogP contribution in [-0.4, -0.2) is 37.5 Å². The van der Waals surface area contributed by atoms with Gasteiger partial charge in [-0.2, -0.15) is 0 Å². The van der Waals surface area contributed by atoms with Gasteiger partial charge in [-0.25, -0.2) is 13.1 Å². The Morgan fingerprint density at radius 2 is 1.93 bits per heavy atom.